The van der Waals surface area contributed by atoms with Gasteiger partial charge in [0.05, 0.1) is 59.0 Å². The van der Waals surface area contributed by atoms with Crippen molar-refractivity contribution in [2.75, 3.05) is 21.3 Å². The number of thiophene rings is 4. The maximum absolute atomic E-state index is 12.9. The number of hydrogen-bond acceptors (Lipinski definition) is 16. The van der Waals surface area contributed by atoms with Gasteiger partial charge in [-0.2, -0.15) is 13.2 Å². The first-order valence-electron chi connectivity index (χ1n) is 39.9. The van der Waals surface area contributed by atoms with E-state index in [1.54, 1.807) is 77.5 Å². The second-order valence-corrected chi connectivity index (χ2v) is 36.4. The van der Waals surface area contributed by atoms with Crippen LogP contribution in [-0.2, 0) is 77.7 Å². The molecular weight excluding hydrogens is 1790 g/mol. The fourth-order valence-electron chi connectivity index (χ4n) is 15.3. The van der Waals surface area contributed by atoms with Gasteiger partial charge in [-0.05, 0) is 185 Å². The number of fused-ring (bicyclic) bond motifs is 4. The van der Waals surface area contributed by atoms with Crippen LogP contribution >= 0.6 is 91.8 Å². The van der Waals surface area contributed by atoms with Crippen LogP contribution in [0.1, 0.15) is 176 Å². The molecule has 4 fully saturated rings. The topological polar surface area (TPSA) is 362 Å². The lowest BCUT2D eigenvalue weighted by Crippen LogP contribution is -2.49. The summed E-state index contributed by atoms with van der Waals surface area (Å²) in [5.74, 6) is -1.44. The van der Waals surface area contributed by atoms with Gasteiger partial charge in [0.15, 0.2) is 0 Å². The number of urea groups is 4. The Bertz CT molecular complexity index is 5620. The van der Waals surface area contributed by atoms with Crippen molar-refractivity contribution in [2.45, 2.75) is 174 Å². The number of carbonyl (C=O) groups is 12. The van der Waals surface area contributed by atoms with Gasteiger partial charge < -0.3 is 83.4 Å². The average Bonchev–Trinajstić information content (AvgIpc) is 1.63. The first-order valence-corrected chi connectivity index (χ1v) is 45.0. The number of carbonyl (C=O) groups excluding carboxylic acids is 12. The van der Waals surface area contributed by atoms with E-state index >= 15 is 0 Å². The minimum absolute atomic E-state index is 0.106. The number of hydrogen-bond donors (Lipinski definition) is 12. The normalized spacial score (nSPS) is 18.4. The monoisotopic (exact) mass is 1870 g/mol. The van der Waals surface area contributed by atoms with E-state index in [-0.39, 0.29) is 84.1 Å². The van der Waals surface area contributed by atoms with E-state index < -0.39 is 47.0 Å². The minimum atomic E-state index is -4.59. The second kappa shape index (κ2) is 40.0. The molecule has 0 aliphatic carbocycles. The highest BCUT2D eigenvalue weighted by Gasteiger charge is 2.44. The Morgan fingerprint density at radius 3 is 0.881 bits per heavy atom. The van der Waals surface area contributed by atoms with Crippen molar-refractivity contribution in [2.24, 2.45) is 0 Å². The zero-order chi connectivity index (χ0) is 90.3. The van der Waals surface area contributed by atoms with Crippen LogP contribution in [0.15, 0.2) is 143 Å². The molecule has 16 amide bonds. The predicted octanol–water partition coefficient (Wildman–Crippen LogP) is 17.0. The molecule has 4 aromatic carbocycles. The Labute approximate surface area is 758 Å². The van der Waals surface area contributed by atoms with Crippen LogP contribution in [0.25, 0.3) is 0 Å². The van der Waals surface area contributed by atoms with Gasteiger partial charge in [0.2, 0.25) is 23.6 Å². The Kier molecular flexibility index (Phi) is 29.2. The molecule has 16 rings (SSSR count). The smallest absolute Gasteiger partial charge is 0.333 e. The SMILES string of the molecule is C=C1CCC(N2Cc3c(csc3CNC(=O)Nc3ccc(C)c(Cl)c3)C2=O)C(=O)N1.C=C1CCC[C@H](N2Cc3c(csc3CNC(=O)Nc3ccc(C(F)(F)F)c(Cl)c3)C2=O)C(=O)N1.C=C1CCC[C@H](N2Cc3c(csc3CNC(=O)Nc3ccc(C)c(Cl)c3)C2=O)C(=O)N1.C=C1CCC[C@H](N2Cc3c(csc3CNC(=O)Nc3ccc(C)c(Cl)c3)C2=O)C(=O)N1. The van der Waals surface area contributed by atoms with Crippen molar-refractivity contribution in [3.05, 3.63) is 250 Å². The summed E-state index contributed by atoms with van der Waals surface area (Å²) in [6.07, 6.45) is 2.85. The van der Waals surface area contributed by atoms with Gasteiger partial charge in [-0.15, -0.1) is 45.3 Å². The van der Waals surface area contributed by atoms with Gasteiger partial charge in [-0.25, -0.2) is 19.2 Å². The third-order valence-corrected chi connectivity index (χ3v) is 27.8. The van der Waals surface area contributed by atoms with E-state index in [0.717, 1.165) is 109 Å². The van der Waals surface area contributed by atoms with Gasteiger partial charge in [-0.3, -0.25) is 38.4 Å². The van der Waals surface area contributed by atoms with E-state index in [0.29, 0.717) is 155 Å². The quantitative estimate of drug-likeness (QED) is 0.0429. The Balaban J connectivity index is 0.000000144. The molecule has 0 radical (unpaired) electrons. The molecule has 0 spiro atoms. The number of nitrogens with zero attached hydrogens (tertiary/aromatic N) is 4. The summed E-state index contributed by atoms with van der Waals surface area (Å²) in [6.45, 7) is 23.3. The van der Waals surface area contributed by atoms with Crippen LogP contribution in [-0.4, -0.2) is 115 Å². The number of aryl methyl sites for hydroxylation is 3. The maximum atomic E-state index is 12.9. The lowest BCUT2D eigenvalue weighted by molar-refractivity contribution is -0.137. The number of nitrogens with one attached hydrogen (secondary N) is 12. The van der Waals surface area contributed by atoms with Gasteiger partial charge in [0, 0.05) is 128 Å². The van der Waals surface area contributed by atoms with Crippen molar-refractivity contribution in [1.82, 2.24) is 62.1 Å². The molecule has 8 aromatic rings. The highest BCUT2D eigenvalue weighted by molar-refractivity contribution is 7.11. The van der Waals surface area contributed by atoms with Crippen molar-refractivity contribution in [3.8, 4) is 0 Å². The van der Waals surface area contributed by atoms with Crippen LogP contribution in [0.3, 0.4) is 0 Å². The first-order chi connectivity index (χ1) is 60.0. The molecule has 8 aliphatic rings. The Hall–Kier alpha value is -11.6. The van der Waals surface area contributed by atoms with E-state index in [2.05, 4.69) is 90.1 Å². The van der Waals surface area contributed by atoms with Crippen molar-refractivity contribution < 1.29 is 70.7 Å². The van der Waals surface area contributed by atoms with Crippen molar-refractivity contribution >= 4 is 186 Å². The summed E-state index contributed by atoms with van der Waals surface area (Å²) in [6, 6.07) is 15.1. The lowest BCUT2D eigenvalue weighted by Gasteiger charge is -2.31. The average molecular weight is 1880 g/mol. The highest BCUT2D eigenvalue weighted by Crippen LogP contribution is 2.41. The Morgan fingerprint density at radius 2 is 0.627 bits per heavy atom. The summed E-state index contributed by atoms with van der Waals surface area (Å²) in [7, 11) is 0. The summed E-state index contributed by atoms with van der Waals surface area (Å²) < 4.78 is 38.5. The summed E-state index contributed by atoms with van der Waals surface area (Å²) >= 11 is 29.6. The van der Waals surface area contributed by atoms with Crippen LogP contribution in [0.4, 0.5) is 55.1 Å². The van der Waals surface area contributed by atoms with Crippen LogP contribution in [0, 0.1) is 20.8 Å². The molecule has 39 heteroatoms. The molecule has 4 aromatic heterocycles. The summed E-state index contributed by atoms with van der Waals surface area (Å²) in [4.78, 5) is 160. The zero-order valence-electron chi connectivity index (χ0n) is 68.3. The molecular formula is C87H87Cl4F3N16O12S4. The second-order valence-electron chi connectivity index (χ2n) is 30.9. The number of rotatable bonds is 16. The molecule has 1 unspecified atom stereocenters. The zero-order valence-corrected chi connectivity index (χ0v) is 74.6. The Morgan fingerprint density at radius 1 is 0.381 bits per heavy atom. The van der Waals surface area contributed by atoms with Crippen molar-refractivity contribution in [3.63, 3.8) is 0 Å². The van der Waals surface area contributed by atoms with Gasteiger partial charge in [0.1, 0.15) is 24.2 Å². The standard InChI is InChI=1S/C22H20ClF3N4O3S.2C22H23ClN4O3S.C21H21ClN4O3S/c1-11-3-2-4-17(19(31)28-11)30-9-13-14(20(30)32)10-34-18(13)8-27-21(33)29-12-5-6-15(16(23)7-12)22(24,25)26;2*1-12-6-7-14(8-17(12)23)26-22(30)24-9-19-15-10-27(21(29)16(15)11-31-19)18-5-3-4-13(2)25-20(18)28;1-11-3-5-13(7-16(11)22)25-21(29)23-8-18-14-9-26(20(28)15(14)10-30-18)17-6-4-12(2)24-19(17)27/h5-7,10,17H,1-4,8-9H2,(H,28,31)(H2,27,29,33);2*6-8,11,18H,2-5,9-10H2,1H3,(H,25,28)(H2,24,26,30);3,5,7,10,17H,2,4,6,8-9H2,1H3,(H,24,27)(H2,23,25,29)/t17-;2*18-;/m000./s1. The van der Waals surface area contributed by atoms with E-state index in [1.165, 1.54) is 45.3 Å². The van der Waals surface area contributed by atoms with Gasteiger partial charge >= 0.3 is 30.3 Å². The highest BCUT2D eigenvalue weighted by atomic mass is 35.5. The first kappa shape index (κ1) is 92.1. The number of anilines is 4. The van der Waals surface area contributed by atoms with Gasteiger partial charge in [0.25, 0.3) is 23.6 Å². The number of amides is 16. The number of halogens is 7. The molecule has 0 bridgehead atoms. The van der Waals surface area contributed by atoms with Crippen LogP contribution in [0.5, 0.6) is 0 Å². The minimum Gasteiger partial charge on any atom is -0.333 e. The van der Waals surface area contributed by atoms with Crippen LogP contribution in [0.2, 0.25) is 20.1 Å². The summed E-state index contributed by atoms with van der Waals surface area (Å²) in [5.41, 5.74) is 12.2. The third-order valence-electron chi connectivity index (χ3n) is 22.2. The molecule has 660 valence electrons. The largest absolute Gasteiger partial charge is 0.417 e. The van der Waals surface area contributed by atoms with Crippen LogP contribution < -0.4 is 63.8 Å². The molecule has 8 aliphatic heterocycles. The third kappa shape index (κ3) is 21.7. The van der Waals surface area contributed by atoms with E-state index in [4.69, 9.17) is 46.4 Å². The van der Waals surface area contributed by atoms with Gasteiger partial charge in [-0.1, -0.05) is 90.9 Å². The molecule has 126 heavy (non-hydrogen) atoms. The summed E-state index contributed by atoms with van der Waals surface area (Å²) in [5, 5.41) is 41.2. The molecule has 12 heterocycles. The fraction of sp³-hybridized carbons (Fsp3) is 0.310. The van der Waals surface area contributed by atoms with E-state index in [1.807, 2.05) is 39.0 Å². The van der Waals surface area contributed by atoms with E-state index in [9.17, 15) is 70.7 Å². The van der Waals surface area contributed by atoms with Crippen molar-refractivity contribution in [1.29, 1.82) is 0 Å². The number of allylic oxidation sites excluding steroid dienone is 4. The molecule has 12 N–H and O–H groups in total. The maximum Gasteiger partial charge on any atom is 0.417 e. The lowest BCUT2D eigenvalue weighted by atomic mass is 10.0. The number of piperidine rings is 1. The molecule has 4 atom stereocenters. The molecule has 28 nitrogen and oxygen atoms in total. The number of alkyl halides is 3. The molecule has 0 saturated carbocycles. The fourth-order valence-corrected chi connectivity index (χ4v) is 20.0. The number of benzene rings is 4. The predicted molar refractivity (Wildman–Crippen MR) is 480 cm³/mol. The molecule has 4 saturated heterocycles.